The molecule has 0 radical (unpaired) electrons. The van der Waals surface area contributed by atoms with Crippen LogP contribution in [-0.4, -0.2) is 41.3 Å². The SMILES string of the molecule is CC(=O)Nc1cnc2ccc(OCC(C)(C)CS(N)(=O)=O)nn12. The molecule has 0 spiro atoms. The zero-order valence-electron chi connectivity index (χ0n) is 13.1. The number of nitrogens with one attached hydrogen (secondary N) is 1. The first kappa shape index (κ1) is 17.2. The van der Waals surface area contributed by atoms with E-state index in [-0.39, 0.29) is 24.1 Å². The van der Waals surface area contributed by atoms with Crippen molar-refractivity contribution in [3.63, 3.8) is 0 Å². The maximum absolute atomic E-state index is 11.2. The molecule has 2 aromatic heterocycles. The first-order chi connectivity index (χ1) is 10.6. The van der Waals surface area contributed by atoms with Gasteiger partial charge in [0.1, 0.15) is 0 Å². The van der Waals surface area contributed by atoms with Crippen LogP contribution in [0.15, 0.2) is 18.3 Å². The van der Waals surface area contributed by atoms with Crippen LogP contribution in [0.4, 0.5) is 5.82 Å². The normalized spacial score (nSPS) is 12.3. The molecular weight excluding hydrogens is 322 g/mol. The lowest BCUT2D eigenvalue weighted by molar-refractivity contribution is -0.114. The van der Waals surface area contributed by atoms with Gasteiger partial charge in [-0.05, 0) is 6.07 Å². The molecule has 2 rings (SSSR count). The zero-order valence-corrected chi connectivity index (χ0v) is 13.9. The summed E-state index contributed by atoms with van der Waals surface area (Å²) >= 11 is 0. The van der Waals surface area contributed by atoms with Crippen molar-refractivity contribution in [2.24, 2.45) is 10.6 Å². The third kappa shape index (κ3) is 4.89. The van der Waals surface area contributed by atoms with E-state index in [9.17, 15) is 13.2 Å². The average Bonchev–Trinajstić information content (AvgIpc) is 2.76. The van der Waals surface area contributed by atoms with Gasteiger partial charge in [-0.2, -0.15) is 4.52 Å². The van der Waals surface area contributed by atoms with Crippen LogP contribution >= 0.6 is 0 Å². The molecule has 0 atom stereocenters. The lowest BCUT2D eigenvalue weighted by Gasteiger charge is -2.22. The summed E-state index contributed by atoms with van der Waals surface area (Å²) in [6.07, 6.45) is 1.48. The Morgan fingerprint density at radius 2 is 2.13 bits per heavy atom. The van der Waals surface area contributed by atoms with Crippen molar-refractivity contribution in [2.75, 3.05) is 17.7 Å². The van der Waals surface area contributed by atoms with Crippen molar-refractivity contribution in [1.29, 1.82) is 0 Å². The Hall–Kier alpha value is -2.20. The van der Waals surface area contributed by atoms with Crippen molar-refractivity contribution in [3.05, 3.63) is 18.3 Å². The number of nitrogens with two attached hydrogens (primary N) is 1. The number of nitrogens with zero attached hydrogens (tertiary/aromatic N) is 3. The molecule has 2 aromatic rings. The summed E-state index contributed by atoms with van der Waals surface area (Å²) in [5.74, 6) is 0.255. The predicted molar refractivity (Wildman–Crippen MR) is 84.5 cm³/mol. The molecule has 0 bridgehead atoms. The third-order valence-corrected chi connectivity index (χ3v) is 4.03. The molecule has 0 aliphatic carbocycles. The molecule has 3 N–H and O–H groups in total. The van der Waals surface area contributed by atoms with Crippen molar-refractivity contribution in [3.8, 4) is 5.88 Å². The predicted octanol–water partition coefficient (Wildman–Crippen LogP) is 0.381. The van der Waals surface area contributed by atoms with Gasteiger partial charge >= 0.3 is 0 Å². The highest BCUT2D eigenvalue weighted by atomic mass is 32.2. The number of imidazole rings is 1. The van der Waals surface area contributed by atoms with E-state index in [0.29, 0.717) is 11.5 Å². The minimum atomic E-state index is -3.60. The molecule has 0 saturated heterocycles. The van der Waals surface area contributed by atoms with E-state index in [2.05, 4.69) is 15.4 Å². The first-order valence-electron chi connectivity index (χ1n) is 6.81. The van der Waals surface area contributed by atoms with Crippen LogP contribution in [-0.2, 0) is 14.8 Å². The Bertz CT molecular complexity index is 828. The van der Waals surface area contributed by atoms with Gasteiger partial charge in [0.25, 0.3) is 0 Å². The summed E-state index contributed by atoms with van der Waals surface area (Å²) in [4.78, 5) is 15.3. The number of fused-ring (bicyclic) bond motifs is 1. The second-order valence-electron chi connectivity index (χ2n) is 6.03. The van der Waals surface area contributed by atoms with E-state index >= 15 is 0 Å². The van der Waals surface area contributed by atoms with Crippen LogP contribution in [0, 0.1) is 5.41 Å². The molecule has 23 heavy (non-hydrogen) atoms. The molecule has 9 nitrogen and oxygen atoms in total. The van der Waals surface area contributed by atoms with Crippen molar-refractivity contribution >= 4 is 27.4 Å². The van der Waals surface area contributed by atoms with E-state index in [4.69, 9.17) is 9.88 Å². The number of carbonyl (C=O) groups excluding carboxylic acids is 1. The average molecular weight is 341 g/mol. The Kier molecular flexibility index (Phi) is 4.57. The number of ether oxygens (including phenoxy) is 1. The lowest BCUT2D eigenvalue weighted by Crippen LogP contribution is -2.33. The smallest absolute Gasteiger partial charge is 0.231 e. The Labute approximate surface area is 133 Å². The minimum absolute atomic E-state index is 0.117. The molecule has 0 aromatic carbocycles. The van der Waals surface area contributed by atoms with Gasteiger partial charge in [0.2, 0.25) is 21.8 Å². The number of primary sulfonamides is 1. The molecule has 0 aliphatic rings. The number of rotatable bonds is 6. The highest BCUT2D eigenvalue weighted by Gasteiger charge is 2.25. The van der Waals surface area contributed by atoms with Gasteiger partial charge in [-0.3, -0.25) is 4.79 Å². The van der Waals surface area contributed by atoms with Gasteiger partial charge in [0, 0.05) is 18.4 Å². The largest absolute Gasteiger partial charge is 0.476 e. The quantitative estimate of drug-likeness (QED) is 0.781. The van der Waals surface area contributed by atoms with Gasteiger partial charge in [-0.1, -0.05) is 13.8 Å². The fourth-order valence-electron chi connectivity index (χ4n) is 2.05. The molecule has 0 aliphatic heterocycles. The second-order valence-corrected chi connectivity index (χ2v) is 7.64. The van der Waals surface area contributed by atoms with Gasteiger partial charge in [0.05, 0.1) is 18.6 Å². The molecular formula is C13H19N5O4S. The van der Waals surface area contributed by atoms with Crippen LogP contribution in [0.1, 0.15) is 20.8 Å². The molecule has 126 valence electrons. The number of carbonyl (C=O) groups is 1. The Balaban J connectivity index is 2.16. The molecule has 0 unspecified atom stereocenters. The molecule has 0 saturated carbocycles. The number of anilines is 1. The van der Waals surface area contributed by atoms with Crippen molar-refractivity contribution < 1.29 is 17.9 Å². The first-order valence-corrected chi connectivity index (χ1v) is 8.53. The lowest BCUT2D eigenvalue weighted by atomic mass is 9.98. The third-order valence-electron chi connectivity index (χ3n) is 2.84. The topological polar surface area (TPSA) is 129 Å². The van der Waals surface area contributed by atoms with Crippen LogP contribution in [0.3, 0.4) is 0 Å². The van der Waals surface area contributed by atoms with Crippen molar-refractivity contribution in [1.82, 2.24) is 14.6 Å². The standard InChI is InChI=1S/C13H19N5O4S/c1-9(19)16-11-6-15-10-4-5-12(17-18(10)11)22-7-13(2,3)8-23(14,20)21/h4-6H,7-8H2,1-3H3,(H,16,19)(H2,14,20,21). The Morgan fingerprint density at radius 1 is 1.43 bits per heavy atom. The summed E-state index contributed by atoms with van der Waals surface area (Å²) in [5.41, 5.74) is -0.121. The fraction of sp³-hybridized carbons (Fsp3) is 0.462. The molecule has 0 fully saturated rings. The molecule has 2 heterocycles. The van der Waals surface area contributed by atoms with E-state index in [1.807, 2.05) is 0 Å². The molecule has 10 heteroatoms. The molecule has 1 amide bonds. The van der Waals surface area contributed by atoms with Gasteiger partial charge in [-0.15, -0.1) is 5.10 Å². The number of amides is 1. The van der Waals surface area contributed by atoms with Crippen molar-refractivity contribution in [2.45, 2.75) is 20.8 Å². The second kappa shape index (κ2) is 6.13. The van der Waals surface area contributed by atoms with E-state index in [1.54, 1.807) is 26.0 Å². The number of aromatic nitrogens is 3. The maximum atomic E-state index is 11.2. The van der Waals surface area contributed by atoms with E-state index in [1.165, 1.54) is 17.6 Å². The summed E-state index contributed by atoms with van der Waals surface area (Å²) in [6.45, 7) is 4.97. The fourth-order valence-corrected chi connectivity index (χ4v) is 3.23. The van der Waals surface area contributed by atoms with Crippen LogP contribution in [0.2, 0.25) is 0 Å². The van der Waals surface area contributed by atoms with Crippen LogP contribution < -0.4 is 15.2 Å². The van der Waals surface area contributed by atoms with Gasteiger partial charge in [0.15, 0.2) is 11.5 Å². The Morgan fingerprint density at radius 3 is 2.74 bits per heavy atom. The highest BCUT2D eigenvalue weighted by Crippen LogP contribution is 2.20. The van der Waals surface area contributed by atoms with E-state index < -0.39 is 15.4 Å². The zero-order chi connectivity index (χ0) is 17.3. The number of hydrogen-bond acceptors (Lipinski definition) is 6. The van der Waals surface area contributed by atoms with Crippen LogP contribution in [0.25, 0.3) is 5.65 Å². The summed E-state index contributed by atoms with van der Waals surface area (Å²) in [6, 6.07) is 3.30. The summed E-state index contributed by atoms with van der Waals surface area (Å²) in [7, 11) is -3.60. The summed E-state index contributed by atoms with van der Waals surface area (Å²) in [5, 5.41) is 11.9. The maximum Gasteiger partial charge on any atom is 0.231 e. The van der Waals surface area contributed by atoms with Gasteiger partial charge < -0.3 is 10.1 Å². The van der Waals surface area contributed by atoms with E-state index in [0.717, 1.165) is 0 Å². The van der Waals surface area contributed by atoms with Gasteiger partial charge in [-0.25, -0.2) is 18.5 Å². The monoisotopic (exact) mass is 341 g/mol. The number of hydrogen-bond donors (Lipinski definition) is 2. The number of sulfonamides is 1. The van der Waals surface area contributed by atoms with Crippen LogP contribution in [0.5, 0.6) is 5.88 Å². The minimum Gasteiger partial charge on any atom is -0.476 e. The summed E-state index contributed by atoms with van der Waals surface area (Å²) < 4.78 is 29.4. The highest BCUT2D eigenvalue weighted by molar-refractivity contribution is 7.89.